The summed E-state index contributed by atoms with van der Waals surface area (Å²) in [5, 5.41) is 22.4. The van der Waals surface area contributed by atoms with Crippen LogP contribution in [0.2, 0.25) is 0 Å². The lowest BCUT2D eigenvalue weighted by atomic mass is 9.83. The fourth-order valence-electron chi connectivity index (χ4n) is 5.67. The molecule has 1 aromatic carbocycles. The second-order valence-electron chi connectivity index (χ2n) is 9.34. The highest BCUT2D eigenvalue weighted by Crippen LogP contribution is 2.42. The zero-order valence-electron chi connectivity index (χ0n) is 18.1. The van der Waals surface area contributed by atoms with Crippen molar-refractivity contribution in [2.24, 2.45) is 22.6 Å². The number of hydrogen-bond donors (Lipinski definition) is 4. The maximum atomic E-state index is 10.8. The molecule has 0 radical (unpaired) electrons. The molecule has 3 heterocycles. The summed E-state index contributed by atoms with van der Waals surface area (Å²) < 4.78 is 1.91. The molecular formula is C25H26N6O2. The highest BCUT2D eigenvalue weighted by atomic mass is 16.3. The largest absolute Gasteiger partial charge is 0.390 e. The van der Waals surface area contributed by atoms with Crippen LogP contribution in [0.25, 0.3) is 11.0 Å². The Morgan fingerprint density at radius 1 is 1.12 bits per heavy atom. The van der Waals surface area contributed by atoms with Crippen molar-refractivity contribution < 1.29 is 10.2 Å². The monoisotopic (exact) mass is 442 g/mol. The van der Waals surface area contributed by atoms with Gasteiger partial charge in [-0.25, -0.2) is 15.0 Å². The third-order valence-corrected chi connectivity index (χ3v) is 7.51. The minimum absolute atomic E-state index is 0.0312. The van der Waals surface area contributed by atoms with Crippen molar-refractivity contribution in [3.63, 3.8) is 0 Å². The van der Waals surface area contributed by atoms with Crippen molar-refractivity contribution in [1.29, 1.82) is 0 Å². The standard InChI is InChI=1S/C25H26N6O2/c26-23-18-8-9-31(25(18)29-12-28-23)20-11-14(21(32)22(20)33)6-4-13-5-7-16-15-2-1-3-17(15)24(27)30-19(16)10-13/h5,7-10,12,14-15,17,20-22,32-33H,3-4,6,11H2,(H2,27,30)(H2,26,28,29)/t14-,15+,17+,20+,21+,22-/m0/s1. The lowest BCUT2D eigenvalue weighted by Gasteiger charge is -2.25. The van der Waals surface area contributed by atoms with E-state index in [-0.39, 0.29) is 23.8 Å². The van der Waals surface area contributed by atoms with Crippen LogP contribution >= 0.6 is 0 Å². The van der Waals surface area contributed by atoms with E-state index in [0.29, 0.717) is 23.7 Å². The predicted molar refractivity (Wildman–Crippen MR) is 126 cm³/mol. The van der Waals surface area contributed by atoms with Gasteiger partial charge in [-0.05, 0) is 48.4 Å². The topological polar surface area (TPSA) is 136 Å². The highest BCUT2D eigenvalue weighted by Gasteiger charge is 2.42. The van der Waals surface area contributed by atoms with Crippen molar-refractivity contribution in [2.45, 2.75) is 49.9 Å². The molecule has 168 valence electrons. The van der Waals surface area contributed by atoms with Crippen LogP contribution in [0, 0.1) is 23.7 Å². The SMILES string of the molecule is NC1=Nc2cc(CC[C@H]3C[C@@H](n4ccc5c(N)ncnc54)[C@H](O)[C@@H]3O)ccc2[C@H]2C#CC[C@@H]12. The van der Waals surface area contributed by atoms with Crippen LogP contribution in [0.1, 0.15) is 42.3 Å². The summed E-state index contributed by atoms with van der Waals surface area (Å²) in [4.78, 5) is 13.0. The maximum absolute atomic E-state index is 10.8. The van der Waals surface area contributed by atoms with Gasteiger partial charge in [-0.1, -0.05) is 18.1 Å². The number of nitrogen functional groups attached to an aromatic ring is 1. The number of benzene rings is 1. The Labute approximate surface area is 191 Å². The Kier molecular flexibility index (Phi) is 4.64. The number of rotatable bonds is 4. The quantitative estimate of drug-likeness (QED) is 0.457. The van der Waals surface area contributed by atoms with E-state index < -0.39 is 12.2 Å². The average Bonchev–Trinajstić information content (AvgIpc) is 3.52. The number of nitrogens with two attached hydrogens (primary N) is 2. The fourth-order valence-corrected chi connectivity index (χ4v) is 5.67. The number of fused-ring (bicyclic) bond motifs is 4. The van der Waals surface area contributed by atoms with Crippen LogP contribution in [-0.2, 0) is 6.42 Å². The summed E-state index contributed by atoms with van der Waals surface area (Å²) >= 11 is 0. The van der Waals surface area contributed by atoms with Gasteiger partial charge in [-0.15, -0.1) is 5.92 Å². The van der Waals surface area contributed by atoms with Crippen molar-refractivity contribution in [3.8, 4) is 11.8 Å². The van der Waals surface area contributed by atoms with Crippen LogP contribution in [0.4, 0.5) is 11.5 Å². The predicted octanol–water partition coefficient (Wildman–Crippen LogP) is 2.04. The van der Waals surface area contributed by atoms with E-state index in [1.54, 1.807) is 0 Å². The maximum Gasteiger partial charge on any atom is 0.145 e. The van der Waals surface area contributed by atoms with Gasteiger partial charge < -0.3 is 26.2 Å². The lowest BCUT2D eigenvalue weighted by molar-refractivity contribution is 0.00545. The number of anilines is 1. The summed E-state index contributed by atoms with van der Waals surface area (Å²) in [6.07, 6.45) is 4.60. The summed E-state index contributed by atoms with van der Waals surface area (Å²) in [5.74, 6) is 7.83. The molecule has 6 N–H and O–H groups in total. The Bertz CT molecular complexity index is 1340. The van der Waals surface area contributed by atoms with Crippen molar-refractivity contribution in [3.05, 3.63) is 47.9 Å². The molecule has 1 aliphatic heterocycles. The molecule has 0 bridgehead atoms. The van der Waals surface area contributed by atoms with E-state index in [4.69, 9.17) is 11.5 Å². The molecule has 1 saturated carbocycles. The van der Waals surface area contributed by atoms with Gasteiger partial charge in [0.05, 0.1) is 29.1 Å². The molecule has 0 spiro atoms. The summed E-state index contributed by atoms with van der Waals surface area (Å²) in [6, 6.07) is 7.93. The number of aliphatic hydroxyl groups excluding tert-OH is 2. The van der Waals surface area contributed by atoms with Gasteiger partial charge in [-0.2, -0.15) is 0 Å². The van der Waals surface area contributed by atoms with Crippen LogP contribution in [-0.4, -0.2) is 42.8 Å². The van der Waals surface area contributed by atoms with Crippen molar-refractivity contribution in [1.82, 2.24) is 14.5 Å². The second-order valence-corrected chi connectivity index (χ2v) is 9.34. The molecule has 8 heteroatoms. The van der Waals surface area contributed by atoms with Gasteiger partial charge in [-0.3, -0.25) is 0 Å². The molecule has 6 atom stereocenters. The molecule has 1 fully saturated rings. The van der Waals surface area contributed by atoms with Crippen LogP contribution in [0.3, 0.4) is 0 Å². The molecule has 33 heavy (non-hydrogen) atoms. The number of aliphatic hydroxyl groups is 2. The number of nitrogens with zero attached hydrogens (tertiary/aromatic N) is 4. The van der Waals surface area contributed by atoms with E-state index in [0.717, 1.165) is 41.5 Å². The molecule has 2 aliphatic carbocycles. The molecule has 0 saturated heterocycles. The van der Waals surface area contributed by atoms with Crippen LogP contribution in [0.5, 0.6) is 0 Å². The average molecular weight is 443 g/mol. The Balaban J connectivity index is 1.19. The van der Waals surface area contributed by atoms with Gasteiger partial charge in [0.25, 0.3) is 0 Å². The second kappa shape index (κ2) is 7.58. The normalized spacial score (nSPS) is 29.9. The minimum atomic E-state index is -0.868. The Hall–Kier alpha value is -3.41. The third-order valence-electron chi connectivity index (χ3n) is 7.51. The van der Waals surface area contributed by atoms with E-state index in [2.05, 4.69) is 45.0 Å². The molecule has 3 aromatic rings. The van der Waals surface area contributed by atoms with Crippen LogP contribution in [0.15, 0.2) is 41.8 Å². The Morgan fingerprint density at radius 3 is 2.88 bits per heavy atom. The zero-order valence-corrected chi connectivity index (χ0v) is 18.1. The number of aryl methyl sites for hydroxylation is 1. The molecular weight excluding hydrogens is 416 g/mol. The fraction of sp³-hybridized carbons (Fsp3) is 0.400. The molecule has 8 nitrogen and oxygen atoms in total. The first kappa shape index (κ1) is 20.2. The summed E-state index contributed by atoms with van der Waals surface area (Å²) in [7, 11) is 0. The Morgan fingerprint density at radius 2 is 2.00 bits per heavy atom. The zero-order chi connectivity index (χ0) is 22.7. The first-order valence-electron chi connectivity index (χ1n) is 11.4. The van der Waals surface area contributed by atoms with Gasteiger partial charge in [0.15, 0.2) is 0 Å². The van der Waals surface area contributed by atoms with E-state index >= 15 is 0 Å². The molecule has 2 aromatic heterocycles. The van der Waals surface area contributed by atoms with E-state index in [9.17, 15) is 10.2 Å². The van der Waals surface area contributed by atoms with Gasteiger partial charge in [0.1, 0.15) is 29.7 Å². The first-order chi connectivity index (χ1) is 16.0. The number of aliphatic imine (C=N–C) groups is 1. The molecule has 3 aliphatic rings. The van der Waals surface area contributed by atoms with E-state index in [1.165, 1.54) is 6.33 Å². The van der Waals surface area contributed by atoms with Crippen LogP contribution < -0.4 is 11.5 Å². The first-order valence-corrected chi connectivity index (χ1v) is 11.4. The number of hydrogen-bond acceptors (Lipinski definition) is 7. The minimum Gasteiger partial charge on any atom is -0.390 e. The third kappa shape index (κ3) is 3.19. The van der Waals surface area contributed by atoms with Crippen molar-refractivity contribution >= 4 is 28.4 Å². The van der Waals surface area contributed by atoms with Gasteiger partial charge in [0, 0.05) is 18.5 Å². The lowest BCUT2D eigenvalue weighted by Crippen LogP contribution is -2.29. The highest BCUT2D eigenvalue weighted by molar-refractivity contribution is 5.90. The molecule has 6 rings (SSSR count). The van der Waals surface area contributed by atoms with Gasteiger partial charge in [0.2, 0.25) is 0 Å². The number of amidine groups is 1. The summed E-state index contributed by atoms with van der Waals surface area (Å²) in [6.45, 7) is 0. The molecule has 0 unspecified atom stereocenters. The molecule has 0 amide bonds. The number of aromatic nitrogens is 3. The smallest absolute Gasteiger partial charge is 0.145 e. The summed E-state index contributed by atoms with van der Waals surface area (Å²) in [5.41, 5.74) is 16.0. The van der Waals surface area contributed by atoms with Crippen molar-refractivity contribution in [2.75, 3.05) is 5.73 Å². The van der Waals surface area contributed by atoms with Gasteiger partial charge >= 0.3 is 0 Å². The van der Waals surface area contributed by atoms with E-state index in [1.807, 2.05) is 16.8 Å².